The van der Waals surface area contributed by atoms with E-state index in [-0.39, 0.29) is 6.10 Å². The van der Waals surface area contributed by atoms with Crippen LogP contribution in [0, 0.1) is 0 Å². The molecule has 0 spiro atoms. The smallest absolute Gasteiger partial charge is 0.0516 e. The molecule has 0 bridgehead atoms. The van der Waals surface area contributed by atoms with Gasteiger partial charge in [0.1, 0.15) is 0 Å². The highest BCUT2D eigenvalue weighted by Crippen LogP contribution is 2.28. The maximum atomic E-state index is 9.38. The Kier molecular flexibility index (Phi) is 3.60. The van der Waals surface area contributed by atoms with Crippen LogP contribution in [0.4, 0.5) is 0 Å². The molecule has 0 aromatic rings. The molecule has 0 fully saturated rings. The zero-order valence-corrected chi connectivity index (χ0v) is 8.81. The third-order valence-corrected chi connectivity index (χ3v) is 5.25. The van der Waals surface area contributed by atoms with Crippen molar-refractivity contribution in [2.24, 2.45) is 0 Å². The Bertz CT molecular complexity index is 93.9. The van der Waals surface area contributed by atoms with Crippen molar-refractivity contribution in [1.29, 1.82) is 0 Å². The molecule has 0 saturated carbocycles. The highest BCUT2D eigenvalue weighted by Gasteiger charge is 2.28. The average molecular weight is 160 g/mol. The molecule has 0 saturated heterocycles. The van der Waals surface area contributed by atoms with Crippen LogP contribution in [0.5, 0.6) is 0 Å². The van der Waals surface area contributed by atoms with Crippen molar-refractivity contribution >= 4 is 8.07 Å². The van der Waals surface area contributed by atoms with Crippen LogP contribution >= 0.6 is 0 Å². The molecular formula is C8H20OSi. The maximum Gasteiger partial charge on any atom is 0.0516 e. The molecule has 0 aromatic heterocycles. The van der Waals surface area contributed by atoms with Crippen molar-refractivity contribution in [3.05, 3.63) is 0 Å². The quantitative estimate of drug-likeness (QED) is 0.629. The lowest BCUT2D eigenvalue weighted by atomic mass is 10.2. The fourth-order valence-corrected chi connectivity index (χ4v) is 4.35. The summed E-state index contributed by atoms with van der Waals surface area (Å²) in [4.78, 5) is 0. The van der Waals surface area contributed by atoms with E-state index >= 15 is 0 Å². The molecule has 2 unspecified atom stereocenters. The second-order valence-corrected chi connectivity index (χ2v) is 9.60. The van der Waals surface area contributed by atoms with Crippen molar-refractivity contribution in [1.82, 2.24) is 0 Å². The maximum absolute atomic E-state index is 9.38. The van der Waals surface area contributed by atoms with Gasteiger partial charge >= 0.3 is 0 Å². The molecule has 0 rings (SSSR count). The van der Waals surface area contributed by atoms with Gasteiger partial charge in [0.25, 0.3) is 0 Å². The monoisotopic (exact) mass is 160 g/mol. The first kappa shape index (κ1) is 10.2. The van der Waals surface area contributed by atoms with E-state index < -0.39 is 8.07 Å². The lowest BCUT2D eigenvalue weighted by Gasteiger charge is -2.30. The standard InChI is InChI=1S/C8H20OSi/c1-6-8(7(2)9)10(3,4)5/h7-9H,6H2,1-5H3. The highest BCUT2D eigenvalue weighted by atomic mass is 28.3. The predicted octanol–water partition coefficient (Wildman–Crippen LogP) is 2.49. The lowest BCUT2D eigenvalue weighted by molar-refractivity contribution is 0.180. The van der Waals surface area contributed by atoms with Crippen LogP contribution in [-0.2, 0) is 0 Å². The van der Waals surface area contributed by atoms with Gasteiger partial charge < -0.3 is 5.11 Å². The van der Waals surface area contributed by atoms with Gasteiger partial charge in [-0.15, -0.1) is 0 Å². The summed E-state index contributed by atoms with van der Waals surface area (Å²) in [5.74, 6) is 0. The number of hydrogen-bond donors (Lipinski definition) is 1. The predicted molar refractivity (Wildman–Crippen MR) is 49.1 cm³/mol. The Labute approximate surface area is 65.5 Å². The molecule has 0 amide bonds. The lowest BCUT2D eigenvalue weighted by Crippen LogP contribution is -2.34. The summed E-state index contributed by atoms with van der Waals surface area (Å²) in [6, 6.07) is 0. The van der Waals surface area contributed by atoms with Crippen LogP contribution in [0.3, 0.4) is 0 Å². The van der Waals surface area contributed by atoms with E-state index in [2.05, 4.69) is 26.6 Å². The fraction of sp³-hybridized carbons (Fsp3) is 1.00. The third kappa shape index (κ3) is 2.84. The highest BCUT2D eigenvalue weighted by molar-refractivity contribution is 6.77. The van der Waals surface area contributed by atoms with Crippen LogP contribution in [0.2, 0.25) is 25.2 Å². The normalized spacial score (nSPS) is 18.6. The molecule has 2 atom stereocenters. The summed E-state index contributed by atoms with van der Waals surface area (Å²) in [6.45, 7) is 11.0. The number of aliphatic hydroxyl groups is 1. The molecule has 0 aromatic carbocycles. The minimum Gasteiger partial charge on any atom is -0.393 e. The molecule has 0 aliphatic carbocycles. The average Bonchev–Trinajstić information content (AvgIpc) is 1.60. The Hall–Kier alpha value is 0.177. The van der Waals surface area contributed by atoms with Crippen LogP contribution in [0.1, 0.15) is 20.3 Å². The fourth-order valence-electron chi connectivity index (χ4n) is 1.68. The Balaban J connectivity index is 4.07. The summed E-state index contributed by atoms with van der Waals surface area (Å²) >= 11 is 0. The first-order valence-corrected chi connectivity index (χ1v) is 7.65. The summed E-state index contributed by atoms with van der Waals surface area (Å²) in [6.07, 6.45) is 1.00. The third-order valence-electron chi connectivity index (χ3n) is 2.13. The van der Waals surface area contributed by atoms with Crippen molar-refractivity contribution in [2.75, 3.05) is 0 Å². The summed E-state index contributed by atoms with van der Waals surface area (Å²) < 4.78 is 0. The zero-order valence-electron chi connectivity index (χ0n) is 7.81. The van der Waals surface area contributed by atoms with Crippen molar-refractivity contribution in [3.8, 4) is 0 Å². The SMILES string of the molecule is CCC(C(C)O)[Si](C)(C)C. The van der Waals surface area contributed by atoms with Gasteiger partial charge in [-0.05, 0) is 12.5 Å². The number of rotatable bonds is 3. The summed E-state index contributed by atoms with van der Waals surface area (Å²) in [7, 11) is -1.10. The van der Waals surface area contributed by atoms with Crippen LogP contribution in [-0.4, -0.2) is 19.3 Å². The molecule has 1 N–H and O–H groups in total. The van der Waals surface area contributed by atoms with Crippen LogP contribution in [0.15, 0.2) is 0 Å². The van der Waals surface area contributed by atoms with Gasteiger partial charge in [-0.1, -0.05) is 33.0 Å². The van der Waals surface area contributed by atoms with Gasteiger partial charge in [0.05, 0.1) is 14.2 Å². The first-order valence-electron chi connectivity index (χ1n) is 4.07. The second kappa shape index (κ2) is 3.53. The second-order valence-electron chi connectivity index (χ2n) is 4.12. The van der Waals surface area contributed by atoms with E-state index in [0.29, 0.717) is 5.54 Å². The van der Waals surface area contributed by atoms with E-state index in [1.165, 1.54) is 0 Å². The molecule has 0 heterocycles. The van der Waals surface area contributed by atoms with Gasteiger partial charge in [0.2, 0.25) is 0 Å². The van der Waals surface area contributed by atoms with E-state index in [9.17, 15) is 5.11 Å². The summed E-state index contributed by atoms with van der Waals surface area (Å²) in [5.41, 5.74) is 0.562. The molecular weight excluding hydrogens is 140 g/mol. The van der Waals surface area contributed by atoms with Crippen molar-refractivity contribution < 1.29 is 5.11 Å². The molecule has 0 radical (unpaired) electrons. The van der Waals surface area contributed by atoms with Gasteiger partial charge in [-0.3, -0.25) is 0 Å². The van der Waals surface area contributed by atoms with Crippen LogP contribution in [0.25, 0.3) is 0 Å². The Morgan fingerprint density at radius 1 is 1.30 bits per heavy atom. The first-order chi connectivity index (χ1) is 4.39. The molecule has 2 heteroatoms. The van der Waals surface area contributed by atoms with Gasteiger partial charge in [0, 0.05) is 0 Å². The minimum atomic E-state index is -1.10. The number of aliphatic hydroxyl groups excluding tert-OH is 1. The van der Waals surface area contributed by atoms with E-state index in [1.807, 2.05) is 6.92 Å². The Morgan fingerprint density at radius 3 is 1.70 bits per heavy atom. The van der Waals surface area contributed by atoms with Gasteiger partial charge in [0.15, 0.2) is 0 Å². The summed E-state index contributed by atoms with van der Waals surface area (Å²) in [5, 5.41) is 9.38. The van der Waals surface area contributed by atoms with Crippen molar-refractivity contribution in [3.63, 3.8) is 0 Å². The molecule has 0 aliphatic rings. The van der Waals surface area contributed by atoms with Crippen LogP contribution < -0.4 is 0 Å². The molecule has 0 aliphatic heterocycles. The van der Waals surface area contributed by atoms with E-state index in [1.54, 1.807) is 0 Å². The minimum absolute atomic E-state index is 0.114. The Morgan fingerprint density at radius 2 is 1.70 bits per heavy atom. The largest absolute Gasteiger partial charge is 0.393 e. The van der Waals surface area contributed by atoms with E-state index in [0.717, 1.165) is 6.42 Å². The zero-order chi connectivity index (χ0) is 8.36. The topological polar surface area (TPSA) is 20.2 Å². The molecule has 62 valence electrons. The molecule has 1 nitrogen and oxygen atoms in total. The number of hydrogen-bond acceptors (Lipinski definition) is 1. The van der Waals surface area contributed by atoms with Gasteiger partial charge in [-0.25, -0.2) is 0 Å². The van der Waals surface area contributed by atoms with E-state index in [4.69, 9.17) is 0 Å². The van der Waals surface area contributed by atoms with Crippen molar-refractivity contribution in [2.45, 2.75) is 51.6 Å². The van der Waals surface area contributed by atoms with Gasteiger partial charge in [-0.2, -0.15) is 0 Å². The molecule has 10 heavy (non-hydrogen) atoms.